The molecule has 108 valence electrons. The van der Waals surface area contributed by atoms with Gasteiger partial charge in [-0.1, -0.05) is 0 Å². The molecule has 2 rings (SSSR count). The lowest BCUT2D eigenvalue weighted by molar-refractivity contribution is -0.147. The molecular formula is C13H22N2O4. The Labute approximate surface area is 113 Å². The zero-order chi connectivity index (χ0) is 14.4. The third-order valence-electron chi connectivity index (χ3n) is 3.72. The smallest absolute Gasteiger partial charge is 0.410 e. The minimum absolute atomic E-state index is 0.000863. The molecule has 0 spiro atoms. The lowest BCUT2D eigenvalue weighted by atomic mass is 10.1. The van der Waals surface area contributed by atoms with Crippen LogP contribution in [0.25, 0.3) is 0 Å². The van der Waals surface area contributed by atoms with Crippen LogP contribution in [0.3, 0.4) is 0 Å². The number of nitrogens with zero attached hydrogens (tertiary/aromatic N) is 1. The molecule has 0 aromatic rings. The fourth-order valence-corrected chi connectivity index (χ4v) is 2.70. The van der Waals surface area contributed by atoms with Crippen LogP contribution in [0.4, 0.5) is 4.79 Å². The van der Waals surface area contributed by atoms with E-state index in [1.54, 1.807) is 11.8 Å². The van der Waals surface area contributed by atoms with Crippen LogP contribution in [0, 0.1) is 11.8 Å². The maximum atomic E-state index is 11.9. The molecule has 2 N–H and O–H groups in total. The Bertz CT molecular complexity index is 390. The van der Waals surface area contributed by atoms with Crippen molar-refractivity contribution in [3.63, 3.8) is 0 Å². The van der Waals surface area contributed by atoms with Crippen molar-refractivity contribution < 1.29 is 19.1 Å². The first-order valence-corrected chi connectivity index (χ1v) is 6.64. The Morgan fingerprint density at radius 1 is 1.32 bits per heavy atom. The molecular weight excluding hydrogens is 248 g/mol. The number of carbonyl (C=O) groups is 2. The van der Waals surface area contributed by atoms with Crippen LogP contribution in [0.1, 0.15) is 27.7 Å². The van der Waals surface area contributed by atoms with Gasteiger partial charge in [-0.3, -0.25) is 4.79 Å². The number of hydrogen-bond donors (Lipinski definition) is 1. The Kier molecular flexibility index (Phi) is 3.24. The fourth-order valence-electron chi connectivity index (χ4n) is 2.70. The molecule has 1 aliphatic carbocycles. The number of amides is 1. The molecule has 2 unspecified atom stereocenters. The fraction of sp³-hybridized carbons (Fsp3) is 0.846. The summed E-state index contributed by atoms with van der Waals surface area (Å²) >= 11 is 0. The van der Waals surface area contributed by atoms with Crippen LogP contribution in [0.15, 0.2) is 0 Å². The Morgan fingerprint density at radius 3 is 2.26 bits per heavy atom. The molecule has 19 heavy (non-hydrogen) atoms. The van der Waals surface area contributed by atoms with Crippen molar-refractivity contribution in [2.24, 2.45) is 17.6 Å². The van der Waals surface area contributed by atoms with Crippen molar-refractivity contribution in [1.29, 1.82) is 0 Å². The molecule has 0 radical (unpaired) electrons. The summed E-state index contributed by atoms with van der Waals surface area (Å²) in [6.45, 7) is 8.50. The normalized spacial score (nSPS) is 32.8. The number of hydrogen-bond acceptors (Lipinski definition) is 5. The monoisotopic (exact) mass is 270 g/mol. The summed E-state index contributed by atoms with van der Waals surface area (Å²) < 4.78 is 10.3. The number of carbonyl (C=O) groups excluding carboxylic acids is 2. The summed E-state index contributed by atoms with van der Waals surface area (Å²) in [5, 5.41) is 0. The standard InChI is InChI=1S/C13H22N2O4/c1-5-18-10(16)13(14)8-6-15(7-9(8)13)11(17)19-12(2,3)4/h8-9H,5-7,14H2,1-4H3. The number of rotatable bonds is 2. The van der Waals surface area contributed by atoms with Crippen LogP contribution < -0.4 is 5.73 Å². The van der Waals surface area contributed by atoms with Crippen LogP contribution in [0.2, 0.25) is 0 Å². The summed E-state index contributed by atoms with van der Waals surface area (Å²) in [5.74, 6) is -0.355. The zero-order valence-electron chi connectivity index (χ0n) is 11.9. The second-order valence-corrected chi connectivity index (χ2v) is 6.25. The lowest BCUT2D eigenvalue weighted by Gasteiger charge is -2.27. The van der Waals surface area contributed by atoms with Gasteiger partial charge in [-0.15, -0.1) is 0 Å². The number of nitrogens with two attached hydrogens (primary N) is 1. The molecule has 0 aromatic carbocycles. The summed E-state index contributed by atoms with van der Waals surface area (Å²) in [7, 11) is 0. The number of esters is 1. The van der Waals surface area contributed by atoms with E-state index in [0.29, 0.717) is 19.7 Å². The van der Waals surface area contributed by atoms with Gasteiger partial charge in [0.15, 0.2) is 0 Å². The third-order valence-corrected chi connectivity index (χ3v) is 3.72. The van der Waals surface area contributed by atoms with E-state index < -0.39 is 11.1 Å². The third kappa shape index (κ3) is 2.41. The lowest BCUT2D eigenvalue weighted by Crippen LogP contribution is -2.47. The van der Waals surface area contributed by atoms with E-state index in [1.807, 2.05) is 20.8 Å². The first kappa shape index (κ1) is 14.1. The van der Waals surface area contributed by atoms with E-state index in [4.69, 9.17) is 15.2 Å². The van der Waals surface area contributed by atoms with Gasteiger partial charge in [0.1, 0.15) is 11.1 Å². The molecule has 0 bridgehead atoms. The molecule has 1 heterocycles. The molecule has 6 heteroatoms. The van der Waals surface area contributed by atoms with E-state index in [0.717, 1.165) is 0 Å². The highest BCUT2D eigenvalue weighted by atomic mass is 16.6. The summed E-state index contributed by atoms with van der Waals surface area (Å²) in [4.78, 5) is 25.3. The molecule has 6 nitrogen and oxygen atoms in total. The van der Waals surface area contributed by atoms with Crippen molar-refractivity contribution in [3.8, 4) is 0 Å². The Morgan fingerprint density at radius 2 is 1.84 bits per heavy atom. The van der Waals surface area contributed by atoms with Crippen molar-refractivity contribution in [2.75, 3.05) is 19.7 Å². The van der Waals surface area contributed by atoms with E-state index in [2.05, 4.69) is 0 Å². The minimum Gasteiger partial charge on any atom is -0.465 e. The summed E-state index contributed by atoms with van der Waals surface area (Å²) in [6, 6.07) is 0. The van der Waals surface area contributed by atoms with E-state index >= 15 is 0 Å². The second kappa shape index (κ2) is 4.37. The predicted molar refractivity (Wildman–Crippen MR) is 68.3 cm³/mol. The maximum Gasteiger partial charge on any atom is 0.410 e. The number of likely N-dealkylation sites (tertiary alicyclic amines) is 1. The molecule has 1 aliphatic heterocycles. The van der Waals surface area contributed by atoms with Crippen LogP contribution in [0.5, 0.6) is 0 Å². The number of fused-ring (bicyclic) bond motifs is 1. The van der Waals surface area contributed by atoms with Gasteiger partial charge in [0.25, 0.3) is 0 Å². The Balaban J connectivity index is 1.90. The highest BCUT2D eigenvalue weighted by Crippen LogP contribution is 2.54. The minimum atomic E-state index is -0.894. The molecule has 2 aliphatic rings. The van der Waals surface area contributed by atoms with Crippen LogP contribution >= 0.6 is 0 Å². The molecule has 1 saturated heterocycles. The maximum absolute atomic E-state index is 11.9. The van der Waals surface area contributed by atoms with E-state index in [-0.39, 0.29) is 23.9 Å². The van der Waals surface area contributed by atoms with Gasteiger partial charge in [-0.2, -0.15) is 0 Å². The summed E-state index contributed by atoms with van der Waals surface area (Å²) in [6.07, 6.45) is -0.342. The van der Waals surface area contributed by atoms with Gasteiger partial charge < -0.3 is 20.1 Å². The molecule has 2 fully saturated rings. The zero-order valence-corrected chi connectivity index (χ0v) is 11.9. The van der Waals surface area contributed by atoms with Gasteiger partial charge >= 0.3 is 12.1 Å². The number of ether oxygens (including phenoxy) is 2. The second-order valence-electron chi connectivity index (χ2n) is 6.25. The molecule has 2 atom stereocenters. The number of piperidine rings is 1. The summed E-state index contributed by atoms with van der Waals surface area (Å²) in [5.41, 5.74) is 4.66. The van der Waals surface area contributed by atoms with E-state index in [1.165, 1.54) is 0 Å². The Hall–Kier alpha value is -1.30. The first-order valence-electron chi connectivity index (χ1n) is 6.64. The molecule has 1 amide bonds. The van der Waals surface area contributed by atoms with Gasteiger partial charge in [0.05, 0.1) is 6.61 Å². The van der Waals surface area contributed by atoms with Crippen molar-refractivity contribution in [3.05, 3.63) is 0 Å². The van der Waals surface area contributed by atoms with Crippen LogP contribution in [-0.2, 0) is 14.3 Å². The highest BCUT2D eigenvalue weighted by Gasteiger charge is 2.72. The first-order chi connectivity index (χ1) is 8.70. The van der Waals surface area contributed by atoms with Crippen molar-refractivity contribution >= 4 is 12.1 Å². The van der Waals surface area contributed by atoms with Gasteiger partial charge in [0.2, 0.25) is 0 Å². The topological polar surface area (TPSA) is 81.9 Å². The largest absolute Gasteiger partial charge is 0.465 e. The van der Waals surface area contributed by atoms with Crippen molar-refractivity contribution in [1.82, 2.24) is 4.90 Å². The average molecular weight is 270 g/mol. The average Bonchev–Trinajstić information content (AvgIpc) is 2.69. The van der Waals surface area contributed by atoms with Crippen molar-refractivity contribution in [2.45, 2.75) is 38.8 Å². The van der Waals surface area contributed by atoms with Crippen LogP contribution in [-0.4, -0.2) is 47.8 Å². The molecule has 0 aromatic heterocycles. The quantitative estimate of drug-likeness (QED) is 0.748. The predicted octanol–water partition coefficient (Wildman–Crippen LogP) is 0.744. The molecule has 1 saturated carbocycles. The highest BCUT2D eigenvalue weighted by molar-refractivity contribution is 5.87. The van der Waals surface area contributed by atoms with E-state index in [9.17, 15) is 9.59 Å². The van der Waals surface area contributed by atoms with Gasteiger partial charge in [-0.05, 0) is 27.7 Å². The SMILES string of the molecule is CCOC(=O)C1(N)C2CN(C(=O)OC(C)(C)C)CC21. The van der Waals surface area contributed by atoms with Gasteiger partial charge in [-0.25, -0.2) is 4.79 Å². The van der Waals surface area contributed by atoms with Gasteiger partial charge in [0, 0.05) is 24.9 Å².